The number of hydrogen-bond acceptors (Lipinski definition) is 0. The number of alkyl halides is 3. The average molecular weight is 217 g/mol. The average Bonchev–Trinajstić information content (AvgIpc) is 2.38. The van der Waals surface area contributed by atoms with Crippen molar-refractivity contribution in [3.05, 3.63) is 35.2 Å². The summed E-state index contributed by atoms with van der Waals surface area (Å²) in [7, 11) is -1.70. The van der Waals surface area contributed by atoms with E-state index in [9.17, 15) is 13.2 Å². The van der Waals surface area contributed by atoms with Gasteiger partial charge in [-0.15, -0.1) is 13.2 Å². The van der Waals surface area contributed by atoms with Crippen molar-refractivity contribution in [1.82, 2.24) is 0 Å². The Morgan fingerprint density at radius 1 is 1.14 bits per heavy atom. The summed E-state index contributed by atoms with van der Waals surface area (Å²) in [5, 5.41) is 0.700. The maximum absolute atomic E-state index is 12.7. The van der Waals surface area contributed by atoms with Crippen LogP contribution in [0.25, 0.3) is 10.1 Å². The molecule has 0 saturated heterocycles. The Morgan fingerprint density at radius 3 is 2.43 bits per heavy atom. The van der Waals surface area contributed by atoms with Gasteiger partial charge in [-0.2, -0.15) is 0 Å². The molecule has 2 aromatic rings. The fraction of sp³-hybridized carbons (Fsp3) is 0.200. The molecule has 1 heterocycles. The van der Waals surface area contributed by atoms with Crippen LogP contribution >= 0.6 is 10.5 Å². The van der Waals surface area contributed by atoms with Crippen LogP contribution in [0, 0.1) is 6.92 Å². The first-order valence-electron chi connectivity index (χ1n) is 4.08. The third-order valence-electron chi connectivity index (χ3n) is 2.05. The van der Waals surface area contributed by atoms with Gasteiger partial charge in [0, 0.05) is 18.4 Å². The summed E-state index contributed by atoms with van der Waals surface area (Å²) in [6, 6.07) is 8.30. The Morgan fingerprint density at radius 2 is 1.79 bits per heavy atom. The molecule has 0 radical (unpaired) electrons. The van der Waals surface area contributed by atoms with Crippen LogP contribution in [0.4, 0.5) is 13.2 Å². The van der Waals surface area contributed by atoms with Crippen molar-refractivity contribution in [3.63, 3.8) is 0 Å². The summed E-state index contributed by atoms with van der Waals surface area (Å²) in [6.07, 6.45) is 0. The van der Waals surface area contributed by atoms with Gasteiger partial charge in [0.05, 0.1) is 10.5 Å². The van der Waals surface area contributed by atoms with Crippen LogP contribution in [0.5, 0.6) is 0 Å². The first-order chi connectivity index (χ1) is 6.50. The van der Waals surface area contributed by atoms with Crippen molar-refractivity contribution >= 4 is 20.6 Å². The molecule has 0 aliphatic carbocycles. The lowest BCUT2D eigenvalue weighted by molar-refractivity contribution is -0.0867. The minimum Gasteiger partial charge on any atom is -0.118 e. The molecule has 0 fully saturated rings. The third kappa shape index (κ3) is 1.39. The lowest BCUT2D eigenvalue weighted by Gasteiger charge is -1.96. The van der Waals surface area contributed by atoms with E-state index in [1.807, 2.05) is 0 Å². The molecule has 0 aliphatic rings. The third-order valence-corrected chi connectivity index (χ3v) is 4.09. The van der Waals surface area contributed by atoms with Crippen molar-refractivity contribution < 1.29 is 13.2 Å². The van der Waals surface area contributed by atoms with Gasteiger partial charge in [0.15, 0.2) is 9.58 Å². The van der Waals surface area contributed by atoms with Crippen LogP contribution in [0.3, 0.4) is 0 Å². The van der Waals surface area contributed by atoms with Crippen molar-refractivity contribution in [3.8, 4) is 0 Å². The highest BCUT2D eigenvalue weighted by Crippen LogP contribution is 2.50. The second-order valence-electron chi connectivity index (χ2n) is 3.04. The highest BCUT2D eigenvalue weighted by Gasteiger charge is 2.46. The van der Waals surface area contributed by atoms with Crippen molar-refractivity contribution in [2.75, 3.05) is 0 Å². The van der Waals surface area contributed by atoms with Gasteiger partial charge in [0.1, 0.15) is 0 Å². The maximum atomic E-state index is 12.7. The molecule has 1 unspecified atom stereocenters. The van der Waals surface area contributed by atoms with Crippen molar-refractivity contribution in [2.45, 2.75) is 12.4 Å². The van der Waals surface area contributed by atoms with E-state index in [0.29, 0.717) is 15.0 Å². The van der Waals surface area contributed by atoms with E-state index in [-0.39, 0.29) is 0 Å². The minimum atomic E-state index is -4.15. The summed E-state index contributed by atoms with van der Waals surface area (Å²) in [4.78, 5) is 0.402. The van der Waals surface area contributed by atoms with Gasteiger partial charge in [-0.05, 0) is 12.1 Å². The molecule has 4 heteroatoms. The Hall–Kier alpha value is -1.03. The lowest BCUT2D eigenvalue weighted by Crippen LogP contribution is -1.95. The fourth-order valence-corrected chi connectivity index (χ4v) is 3.33. The molecule has 0 amide bonds. The Kier molecular flexibility index (Phi) is 2.03. The highest BCUT2D eigenvalue weighted by atomic mass is 32.2. The van der Waals surface area contributed by atoms with E-state index in [0.717, 1.165) is 0 Å². The zero-order valence-corrected chi connectivity index (χ0v) is 8.25. The van der Waals surface area contributed by atoms with Gasteiger partial charge in [-0.25, -0.2) is 0 Å². The summed E-state index contributed by atoms with van der Waals surface area (Å²) >= 11 is 0. The first kappa shape index (κ1) is 9.52. The first-order valence-corrected chi connectivity index (χ1v) is 5.31. The number of thiophene rings is 1. The molecule has 14 heavy (non-hydrogen) atoms. The van der Waals surface area contributed by atoms with Crippen molar-refractivity contribution in [2.24, 2.45) is 0 Å². The SMILES string of the molecule is Cc1cc2ccccc2[s+]1C(F)(F)F. The molecule has 0 bridgehead atoms. The van der Waals surface area contributed by atoms with Crippen molar-refractivity contribution in [1.29, 1.82) is 0 Å². The van der Waals surface area contributed by atoms with E-state index in [1.54, 1.807) is 30.3 Å². The van der Waals surface area contributed by atoms with Crippen LogP contribution in [0.15, 0.2) is 30.3 Å². The standard InChI is InChI=1S/C10H8F3S/c1-7-6-8-4-2-3-5-9(8)14(7)10(11,12)13/h2-6H,1H3/q+1. The summed E-state index contributed by atoms with van der Waals surface area (Å²) < 4.78 is 38.4. The topological polar surface area (TPSA) is 0 Å². The number of aryl methyl sites for hydroxylation is 1. The Labute approximate surface area is 81.9 Å². The monoisotopic (exact) mass is 217 g/mol. The Bertz CT molecular complexity index is 468. The highest BCUT2D eigenvalue weighted by molar-refractivity contribution is 7.38. The predicted octanol–water partition coefficient (Wildman–Crippen LogP) is 4.37. The molecular formula is C10H8F3S+. The van der Waals surface area contributed by atoms with Crippen LogP contribution in [-0.4, -0.2) is 0 Å². The fourth-order valence-electron chi connectivity index (χ4n) is 1.54. The van der Waals surface area contributed by atoms with Gasteiger partial charge in [-0.1, -0.05) is 12.1 Å². The van der Waals surface area contributed by atoms with E-state index in [2.05, 4.69) is 0 Å². The summed E-state index contributed by atoms with van der Waals surface area (Å²) in [5.41, 5.74) is -4.15. The molecule has 1 atom stereocenters. The molecule has 1 aromatic heterocycles. The van der Waals surface area contributed by atoms with E-state index >= 15 is 0 Å². The quantitative estimate of drug-likeness (QED) is 0.575. The summed E-state index contributed by atoms with van der Waals surface area (Å²) in [5.74, 6) is 0. The van der Waals surface area contributed by atoms with Crippen LogP contribution in [-0.2, 0) is 5.51 Å². The van der Waals surface area contributed by atoms with Gasteiger partial charge in [-0.3, -0.25) is 0 Å². The molecule has 0 saturated carbocycles. The molecule has 1 aromatic carbocycles. The number of hydrogen-bond donors (Lipinski definition) is 0. The second-order valence-corrected chi connectivity index (χ2v) is 5.20. The second kappa shape index (κ2) is 2.98. The van der Waals surface area contributed by atoms with Crippen LogP contribution in [0.2, 0.25) is 0 Å². The van der Waals surface area contributed by atoms with E-state index in [4.69, 9.17) is 0 Å². The van der Waals surface area contributed by atoms with E-state index in [1.165, 1.54) is 6.92 Å². The van der Waals surface area contributed by atoms with Gasteiger partial charge in [0.2, 0.25) is 0 Å². The molecule has 0 aliphatic heterocycles. The predicted molar refractivity (Wildman–Crippen MR) is 52.5 cm³/mol. The molecular weight excluding hydrogens is 209 g/mol. The number of halogens is 3. The molecule has 0 nitrogen and oxygen atoms in total. The minimum absolute atomic E-state index is 0.400. The number of fused-ring (bicyclic) bond motifs is 1. The number of benzene rings is 1. The smallest absolute Gasteiger partial charge is 0.118 e. The Balaban J connectivity index is 2.81. The van der Waals surface area contributed by atoms with Gasteiger partial charge in [0.25, 0.3) is 0 Å². The normalized spacial score (nSPS) is 13.6. The largest absolute Gasteiger partial charge is 0.600 e. The van der Waals surface area contributed by atoms with E-state index < -0.39 is 16.0 Å². The van der Waals surface area contributed by atoms with Crippen LogP contribution in [0.1, 0.15) is 4.88 Å². The molecule has 74 valence electrons. The number of rotatable bonds is 0. The summed E-state index contributed by atoms with van der Waals surface area (Å²) in [6.45, 7) is 1.54. The molecule has 0 N–H and O–H groups in total. The van der Waals surface area contributed by atoms with Gasteiger partial charge < -0.3 is 0 Å². The molecule has 0 spiro atoms. The molecule has 2 rings (SSSR count). The lowest BCUT2D eigenvalue weighted by atomic mass is 10.2. The maximum Gasteiger partial charge on any atom is 0.600 e. The van der Waals surface area contributed by atoms with Crippen LogP contribution < -0.4 is 0 Å². The zero-order valence-electron chi connectivity index (χ0n) is 7.43. The zero-order chi connectivity index (χ0) is 10.3. The van der Waals surface area contributed by atoms with Gasteiger partial charge >= 0.3 is 5.51 Å².